The number of hydrogen-bond acceptors (Lipinski definition) is 3. The van der Waals surface area contributed by atoms with E-state index in [0.29, 0.717) is 6.54 Å². The molecule has 0 saturated carbocycles. The predicted octanol–water partition coefficient (Wildman–Crippen LogP) is 6.35. The number of ether oxygens (including phenoxy) is 1. The van der Waals surface area contributed by atoms with Gasteiger partial charge in [-0.1, -0.05) is 34.6 Å². The Kier molecular flexibility index (Phi) is 6.20. The monoisotopic (exact) mass is 418 g/mol. The first-order valence-corrected chi connectivity index (χ1v) is 13.2. The summed E-state index contributed by atoms with van der Waals surface area (Å²) in [6.07, 6.45) is 1.63. The number of aromatic amines is 1. The van der Waals surface area contributed by atoms with E-state index in [2.05, 4.69) is 70.1 Å². The first-order valence-electron chi connectivity index (χ1n) is 10.3. The molecule has 2 rings (SSSR count). The van der Waals surface area contributed by atoms with Crippen molar-refractivity contribution in [3.05, 3.63) is 30.0 Å². The highest BCUT2D eigenvalue weighted by molar-refractivity contribution is 6.74. The number of carbonyl (C=O) groups excluding carboxylic acids is 1. The van der Waals surface area contributed by atoms with Crippen molar-refractivity contribution < 1.29 is 14.0 Å². The van der Waals surface area contributed by atoms with Crippen LogP contribution in [0.1, 0.15) is 61.0 Å². The molecule has 6 heteroatoms. The van der Waals surface area contributed by atoms with Gasteiger partial charge >= 0.3 is 6.09 Å². The summed E-state index contributed by atoms with van der Waals surface area (Å²) in [6.45, 7) is 21.5. The first kappa shape index (κ1) is 23.3. The van der Waals surface area contributed by atoms with Crippen LogP contribution in [0.15, 0.2) is 24.4 Å². The molecule has 1 aromatic heterocycles. The van der Waals surface area contributed by atoms with Gasteiger partial charge in [0.25, 0.3) is 0 Å². The molecule has 1 aromatic carbocycles. The molecular formula is C23H38N2O3Si. The van der Waals surface area contributed by atoms with Gasteiger partial charge in [-0.05, 0) is 62.7 Å². The Morgan fingerprint density at radius 2 is 1.69 bits per heavy atom. The van der Waals surface area contributed by atoms with Crippen LogP contribution < -0.4 is 9.74 Å². The highest BCUT2D eigenvalue weighted by Gasteiger charge is 2.39. The van der Waals surface area contributed by atoms with Gasteiger partial charge in [0.1, 0.15) is 11.4 Å². The normalized spacial score (nSPS) is 13.4. The molecule has 5 nitrogen and oxygen atoms in total. The van der Waals surface area contributed by atoms with E-state index in [1.54, 1.807) is 0 Å². The maximum absolute atomic E-state index is 12.1. The van der Waals surface area contributed by atoms with Crippen molar-refractivity contribution in [1.29, 1.82) is 0 Å². The zero-order valence-electron chi connectivity index (χ0n) is 19.7. The third-order valence-corrected chi connectivity index (χ3v) is 9.99. The van der Waals surface area contributed by atoms with E-state index in [-0.39, 0.29) is 10.5 Å². The second-order valence-electron chi connectivity index (χ2n) is 11.0. The number of rotatable bonds is 5. The van der Waals surface area contributed by atoms with E-state index >= 15 is 0 Å². The molecule has 1 heterocycles. The average Bonchev–Trinajstić information content (AvgIpc) is 2.94. The molecule has 0 aliphatic carbocycles. The second kappa shape index (κ2) is 7.71. The Balaban J connectivity index is 2.25. The van der Waals surface area contributed by atoms with Crippen molar-refractivity contribution >= 4 is 25.3 Å². The number of fused-ring (bicyclic) bond motifs is 1. The molecule has 0 radical (unpaired) electrons. The molecule has 0 fully saturated rings. The van der Waals surface area contributed by atoms with E-state index in [1.807, 2.05) is 33.0 Å². The Hall–Kier alpha value is -1.95. The highest BCUT2D eigenvalue weighted by Crippen LogP contribution is 2.39. The quantitative estimate of drug-likeness (QED) is 0.556. The number of alkyl carbamates (subject to hydrolysis) is 1. The number of carbonyl (C=O) groups is 1. The summed E-state index contributed by atoms with van der Waals surface area (Å²) in [5.41, 5.74) is 1.42. The number of nitrogens with one attached hydrogen (secondary N) is 2. The molecule has 0 aliphatic heterocycles. The van der Waals surface area contributed by atoms with Crippen molar-refractivity contribution in [3.8, 4) is 5.75 Å². The summed E-state index contributed by atoms with van der Waals surface area (Å²) in [5, 5.41) is 4.17. The summed E-state index contributed by atoms with van der Waals surface area (Å²) in [5.74, 6) is 0.904. The zero-order chi connectivity index (χ0) is 22.3. The van der Waals surface area contributed by atoms with Gasteiger partial charge in [0.05, 0.1) is 0 Å². The van der Waals surface area contributed by atoms with Gasteiger partial charge in [-0.15, -0.1) is 0 Å². The van der Waals surface area contributed by atoms with E-state index < -0.39 is 20.0 Å². The average molecular weight is 419 g/mol. The van der Waals surface area contributed by atoms with Crippen LogP contribution in [-0.4, -0.2) is 31.5 Å². The summed E-state index contributed by atoms with van der Waals surface area (Å²) in [6, 6.07) is 6.23. The minimum atomic E-state index is -1.91. The van der Waals surface area contributed by atoms with Gasteiger partial charge < -0.3 is 19.5 Å². The summed E-state index contributed by atoms with van der Waals surface area (Å²) in [7, 11) is -1.91. The van der Waals surface area contributed by atoms with Crippen LogP contribution in [0.3, 0.4) is 0 Å². The summed E-state index contributed by atoms with van der Waals surface area (Å²) in [4.78, 5) is 15.4. The SMILES string of the molecule is CC(C)(C)OC(=O)NCC(C)(C)c1c[nH]c2ccc(O[Si](C)(C)C(C)(C)C)cc12. The van der Waals surface area contributed by atoms with Crippen molar-refractivity contribution in [2.75, 3.05) is 6.54 Å². The number of H-pyrrole nitrogens is 1. The van der Waals surface area contributed by atoms with E-state index in [9.17, 15) is 4.79 Å². The van der Waals surface area contributed by atoms with Crippen LogP contribution in [0.5, 0.6) is 5.75 Å². The Morgan fingerprint density at radius 3 is 2.24 bits per heavy atom. The van der Waals surface area contributed by atoms with Gasteiger partial charge in [0.2, 0.25) is 8.32 Å². The smallest absolute Gasteiger partial charge is 0.407 e. The van der Waals surface area contributed by atoms with Crippen LogP contribution in [0.2, 0.25) is 18.1 Å². The minimum absolute atomic E-state index is 0.138. The summed E-state index contributed by atoms with van der Waals surface area (Å²) >= 11 is 0. The topological polar surface area (TPSA) is 63.3 Å². The molecule has 0 aliphatic rings. The number of benzene rings is 1. The van der Waals surface area contributed by atoms with E-state index in [0.717, 1.165) is 22.2 Å². The lowest BCUT2D eigenvalue weighted by Crippen LogP contribution is -2.43. The van der Waals surface area contributed by atoms with Gasteiger partial charge in [0.15, 0.2) is 0 Å². The summed E-state index contributed by atoms with van der Waals surface area (Å²) < 4.78 is 11.9. The Morgan fingerprint density at radius 1 is 1.07 bits per heavy atom. The van der Waals surface area contributed by atoms with Gasteiger partial charge in [-0.3, -0.25) is 0 Å². The van der Waals surface area contributed by atoms with E-state index in [4.69, 9.17) is 9.16 Å². The third-order valence-electron chi connectivity index (χ3n) is 5.64. The number of aromatic nitrogens is 1. The second-order valence-corrected chi connectivity index (χ2v) is 15.7. The van der Waals surface area contributed by atoms with Gasteiger partial charge in [0, 0.05) is 29.1 Å². The van der Waals surface area contributed by atoms with E-state index in [1.165, 1.54) is 0 Å². The fourth-order valence-electron chi connectivity index (χ4n) is 2.87. The van der Waals surface area contributed by atoms with Crippen LogP contribution in [0.25, 0.3) is 10.9 Å². The standard InChI is InChI=1S/C23H38N2O3Si/c1-21(2,3)27-20(26)25-15-23(7,8)18-14-24-19-12-11-16(13-17(18)19)28-29(9,10)22(4,5)6/h11-14,24H,15H2,1-10H3,(H,25,26). The Bertz CT molecular complexity index is 870. The molecule has 0 saturated heterocycles. The van der Waals surface area contributed by atoms with Crippen LogP contribution in [0.4, 0.5) is 4.79 Å². The molecule has 0 unspecified atom stereocenters. The third kappa shape index (κ3) is 5.78. The van der Waals surface area contributed by atoms with Crippen molar-refractivity contribution in [2.45, 2.75) is 84.5 Å². The first-order chi connectivity index (χ1) is 13.0. The molecule has 29 heavy (non-hydrogen) atoms. The molecular weight excluding hydrogens is 380 g/mol. The maximum atomic E-state index is 12.1. The molecule has 1 amide bonds. The fraction of sp³-hybridized carbons (Fsp3) is 0.609. The molecule has 0 spiro atoms. The van der Waals surface area contributed by atoms with Crippen molar-refractivity contribution in [2.24, 2.45) is 0 Å². The molecule has 2 N–H and O–H groups in total. The van der Waals surface area contributed by atoms with Crippen molar-refractivity contribution in [1.82, 2.24) is 10.3 Å². The van der Waals surface area contributed by atoms with Gasteiger partial charge in [-0.2, -0.15) is 0 Å². The van der Waals surface area contributed by atoms with Crippen LogP contribution in [-0.2, 0) is 10.2 Å². The number of hydrogen-bond donors (Lipinski definition) is 2. The van der Waals surface area contributed by atoms with Crippen molar-refractivity contribution in [3.63, 3.8) is 0 Å². The Labute approximate surface area is 176 Å². The lowest BCUT2D eigenvalue weighted by Gasteiger charge is -2.36. The highest BCUT2D eigenvalue weighted by atomic mass is 28.4. The number of amides is 1. The zero-order valence-corrected chi connectivity index (χ0v) is 20.7. The molecule has 0 bridgehead atoms. The predicted molar refractivity (Wildman–Crippen MR) is 123 cm³/mol. The fourth-order valence-corrected chi connectivity index (χ4v) is 3.90. The molecule has 2 aromatic rings. The molecule has 0 atom stereocenters. The lowest BCUT2D eigenvalue weighted by molar-refractivity contribution is 0.0517. The largest absolute Gasteiger partial charge is 0.543 e. The van der Waals surface area contributed by atoms with Crippen LogP contribution >= 0.6 is 0 Å². The maximum Gasteiger partial charge on any atom is 0.407 e. The minimum Gasteiger partial charge on any atom is -0.543 e. The molecule has 162 valence electrons. The van der Waals surface area contributed by atoms with Crippen LogP contribution in [0, 0.1) is 0 Å². The van der Waals surface area contributed by atoms with Gasteiger partial charge in [-0.25, -0.2) is 4.79 Å². The lowest BCUT2D eigenvalue weighted by atomic mass is 9.84.